The Morgan fingerprint density at radius 2 is 2.04 bits per heavy atom. The van der Waals surface area contributed by atoms with Crippen molar-refractivity contribution in [1.29, 1.82) is 0 Å². The molecule has 0 radical (unpaired) electrons. The van der Waals surface area contributed by atoms with E-state index in [0.29, 0.717) is 12.3 Å². The van der Waals surface area contributed by atoms with Crippen molar-refractivity contribution in [3.63, 3.8) is 0 Å². The van der Waals surface area contributed by atoms with Crippen molar-refractivity contribution in [1.82, 2.24) is 10.2 Å². The maximum Gasteiger partial charge on any atom is 0.308 e. The van der Waals surface area contributed by atoms with E-state index in [1.165, 1.54) is 31.1 Å². The number of nitrogens with zero attached hydrogens (tertiary/aromatic N) is 2. The van der Waals surface area contributed by atoms with Gasteiger partial charge in [0.15, 0.2) is 5.96 Å². The molecule has 0 amide bonds. The minimum atomic E-state index is -0.117. The smallest absolute Gasteiger partial charge is 0.308 e. The van der Waals surface area contributed by atoms with E-state index in [2.05, 4.69) is 21.3 Å². The molecule has 1 heterocycles. The molecule has 1 aliphatic heterocycles. The number of phenols is 1. The topological polar surface area (TPSA) is 74.2 Å². The number of likely N-dealkylation sites (tertiary alicyclic amines) is 1. The zero-order chi connectivity index (χ0) is 18.5. The molecular formula is C20H29N3O3. The SMILES string of the molecule is CN=C(NCc1c(O)ccc2c1CCCC2)N1CCC(C(=O)OC)CC1. The first-order valence-electron chi connectivity index (χ1n) is 9.50. The van der Waals surface area contributed by atoms with Crippen molar-refractivity contribution in [3.05, 3.63) is 28.8 Å². The summed E-state index contributed by atoms with van der Waals surface area (Å²) in [4.78, 5) is 18.2. The maximum atomic E-state index is 11.7. The predicted molar refractivity (Wildman–Crippen MR) is 101 cm³/mol. The van der Waals surface area contributed by atoms with Crippen LogP contribution in [0.25, 0.3) is 0 Å². The van der Waals surface area contributed by atoms with Crippen LogP contribution in [0.1, 0.15) is 42.4 Å². The number of fused-ring (bicyclic) bond motifs is 1. The molecule has 2 N–H and O–H groups in total. The van der Waals surface area contributed by atoms with Crippen LogP contribution in [0.2, 0.25) is 0 Å². The van der Waals surface area contributed by atoms with Crippen LogP contribution in [0.3, 0.4) is 0 Å². The van der Waals surface area contributed by atoms with Gasteiger partial charge in [-0.15, -0.1) is 0 Å². The number of rotatable bonds is 3. The molecule has 0 unspecified atom stereocenters. The van der Waals surface area contributed by atoms with E-state index in [0.717, 1.165) is 50.3 Å². The van der Waals surface area contributed by atoms with Gasteiger partial charge in [0.1, 0.15) is 5.75 Å². The maximum absolute atomic E-state index is 11.7. The monoisotopic (exact) mass is 359 g/mol. The van der Waals surface area contributed by atoms with Crippen molar-refractivity contribution in [2.45, 2.75) is 45.1 Å². The van der Waals surface area contributed by atoms with Gasteiger partial charge in [-0.05, 0) is 55.7 Å². The Morgan fingerprint density at radius 3 is 2.73 bits per heavy atom. The zero-order valence-corrected chi connectivity index (χ0v) is 15.8. The predicted octanol–water partition coefficient (Wildman–Crippen LogP) is 2.23. The highest BCUT2D eigenvalue weighted by Crippen LogP contribution is 2.30. The summed E-state index contributed by atoms with van der Waals surface area (Å²) in [6, 6.07) is 3.87. The second-order valence-corrected chi connectivity index (χ2v) is 7.09. The zero-order valence-electron chi connectivity index (χ0n) is 15.8. The standard InChI is InChI=1S/C20H29N3O3/c1-21-20(23-11-9-15(10-12-23)19(25)26-2)22-13-17-16-6-4-3-5-14(16)7-8-18(17)24/h7-8,15,24H,3-6,9-13H2,1-2H3,(H,21,22). The van der Waals surface area contributed by atoms with Crippen molar-refractivity contribution >= 4 is 11.9 Å². The summed E-state index contributed by atoms with van der Waals surface area (Å²) in [6.45, 7) is 2.12. The van der Waals surface area contributed by atoms with Gasteiger partial charge in [0.25, 0.3) is 0 Å². The van der Waals surface area contributed by atoms with E-state index in [1.54, 1.807) is 7.05 Å². The summed E-state index contributed by atoms with van der Waals surface area (Å²) in [5, 5.41) is 13.7. The van der Waals surface area contributed by atoms with Gasteiger partial charge in [0.2, 0.25) is 0 Å². The lowest BCUT2D eigenvalue weighted by atomic mass is 9.88. The van der Waals surface area contributed by atoms with Crippen LogP contribution in [0, 0.1) is 5.92 Å². The normalized spacial score (nSPS) is 18.4. The number of methoxy groups -OCH3 is 1. The second-order valence-electron chi connectivity index (χ2n) is 7.09. The molecule has 1 aromatic rings. The Labute approximate surface area is 155 Å². The van der Waals surface area contributed by atoms with Gasteiger partial charge in [-0.25, -0.2) is 0 Å². The lowest BCUT2D eigenvalue weighted by Gasteiger charge is -2.33. The highest BCUT2D eigenvalue weighted by molar-refractivity contribution is 5.80. The van der Waals surface area contributed by atoms with E-state index in [-0.39, 0.29) is 11.9 Å². The molecule has 1 aromatic carbocycles. The van der Waals surface area contributed by atoms with Crippen LogP contribution in [0.4, 0.5) is 0 Å². The number of hydrogen-bond donors (Lipinski definition) is 2. The molecule has 0 aromatic heterocycles. The molecule has 0 spiro atoms. The summed E-state index contributed by atoms with van der Waals surface area (Å²) in [6.07, 6.45) is 6.08. The number of aromatic hydroxyl groups is 1. The summed E-state index contributed by atoms with van der Waals surface area (Å²) >= 11 is 0. The fourth-order valence-electron chi connectivity index (χ4n) is 4.08. The third-order valence-electron chi connectivity index (χ3n) is 5.59. The van der Waals surface area contributed by atoms with Crippen molar-refractivity contribution < 1.29 is 14.6 Å². The summed E-state index contributed by atoms with van der Waals surface area (Å²) in [5.74, 6) is 1.05. The van der Waals surface area contributed by atoms with Gasteiger partial charge in [0.05, 0.1) is 13.0 Å². The summed E-state index contributed by atoms with van der Waals surface area (Å²) in [7, 11) is 3.22. The first-order valence-corrected chi connectivity index (χ1v) is 9.50. The van der Waals surface area contributed by atoms with Gasteiger partial charge < -0.3 is 20.1 Å². The lowest BCUT2D eigenvalue weighted by Crippen LogP contribution is -2.46. The third-order valence-corrected chi connectivity index (χ3v) is 5.59. The van der Waals surface area contributed by atoms with Crippen molar-refractivity contribution in [3.8, 4) is 5.75 Å². The largest absolute Gasteiger partial charge is 0.508 e. The van der Waals surface area contributed by atoms with E-state index in [4.69, 9.17) is 4.74 Å². The molecule has 1 aliphatic carbocycles. The van der Waals surface area contributed by atoms with Crippen LogP contribution in [-0.4, -0.2) is 49.2 Å². The molecule has 6 nitrogen and oxygen atoms in total. The van der Waals surface area contributed by atoms with E-state index >= 15 is 0 Å². The number of phenolic OH excluding ortho intramolecular Hbond substituents is 1. The molecule has 0 bridgehead atoms. The van der Waals surface area contributed by atoms with Crippen LogP contribution >= 0.6 is 0 Å². The number of piperidine rings is 1. The highest BCUT2D eigenvalue weighted by Gasteiger charge is 2.27. The average molecular weight is 359 g/mol. The number of guanidine groups is 1. The van der Waals surface area contributed by atoms with Crippen LogP contribution in [0.5, 0.6) is 5.75 Å². The first-order chi connectivity index (χ1) is 12.6. The number of carbonyl (C=O) groups is 1. The molecule has 26 heavy (non-hydrogen) atoms. The number of carbonyl (C=O) groups excluding carboxylic acids is 1. The highest BCUT2D eigenvalue weighted by atomic mass is 16.5. The van der Waals surface area contributed by atoms with Gasteiger partial charge in [-0.3, -0.25) is 9.79 Å². The average Bonchev–Trinajstić information content (AvgIpc) is 2.69. The Balaban J connectivity index is 1.63. The van der Waals surface area contributed by atoms with Gasteiger partial charge in [-0.2, -0.15) is 0 Å². The summed E-state index contributed by atoms with van der Waals surface area (Å²) in [5.41, 5.74) is 3.65. The molecule has 0 atom stereocenters. The Bertz CT molecular complexity index is 679. The van der Waals surface area contributed by atoms with Gasteiger partial charge in [0, 0.05) is 32.2 Å². The lowest BCUT2D eigenvalue weighted by molar-refractivity contribution is -0.146. The number of esters is 1. The van der Waals surface area contributed by atoms with E-state index in [1.807, 2.05) is 6.07 Å². The Kier molecular flexibility index (Phi) is 6.01. The van der Waals surface area contributed by atoms with E-state index < -0.39 is 0 Å². The van der Waals surface area contributed by atoms with E-state index in [9.17, 15) is 9.90 Å². The minimum Gasteiger partial charge on any atom is -0.508 e. The number of benzene rings is 1. The molecular weight excluding hydrogens is 330 g/mol. The third kappa shape index (κ3) is 3.94. The van der Waals surface area contributed by atoms with Crippen LogP contribution in [-0.2, 0) is 28.9 Å². The van der Waals surface area contributed by atoms with Crippen LogP contribution in [0.15, 0.2) is 17.1 Å². The van der Waals surface area contributed by atoms with Crippen molar-refractivity contribution in [2.75, 3.05) is 27.2 Å². The number of ether oxygens (including phenoxy) is 1. The molecule has 3 rings (SSSR count). The quantitative estimate of drug-likeness (QED) is 0.492. The molecule has 1 saturated heterocycles. The Morgan fingerprint density at radius 1 is 1.31 bits per heavy atom. The van der Waals surface area contributed by atoms with Gasteiger partial charge >= 0.3 is 5.97 Å². The number of aliphatic imine (C=N–C) groups is 1. The Hall–Kier alpha value is -2.24. The summed E-state index contributed by atoms with van der Waals surface area (Å²) < 4.78 is 4.85. The van der Waals surface area contributed by atoms with Crippen LogP contribution < -0.4 is 5.32 Å². The minimum absolute atomic E-state index is 0.0143. The fraction of sp³-hybridized carbons (Fsp3) is 0.600. The molecule has 6 heteroatoms. The second kappa shape index (κ2) is 8.43. The number of hydrogen-bond acceptors (Lipinski definition) is 4. The molecule has 1 fully saturated rings. The fourth-order valence-corrected chi connectivity index (χ4v) is 4.08. The molecule has 142 valence electrons. The number of nitrogens with one attached hydrogen (secondary N) is 1. The number of aryl methyl sites for hydroxylation is 1. The molecule has 2 aliphatic rings. The molecule has 0 saturated carbocycles. The van der Waals surface area contributed by atoms with Gasteiger partial charge in [-0.1, -0.05) is 6.07 Å². The first kappa shape index (κ1) is 18.5. The van der Waals surface area contributed by atoms with Crippen molar-refractivity contribution in [2.24, 2.45) is 10.9 Å².